The van der Waals surface area contributed by atoms with Crippen LogP contribution in [0.4, 0.5) is 16.3 Å². The molecule has 0 spiro atoms. The fourth-order valence-electron chi connectivity index (χ4n) is 4.35. The van der Waals surface area contributed by atoms with Crippen LogP contribution in [-0.4, -0.2) is 90.5 Å². The van der Waals surface area contributed by atoms with Crippen molar-refractivity contribution in [3.05, 3.63) is 48.8 Å². The average molecular weight is 512 g/mol. The number of benzene rings is 1. The van der Waals surface area contributed by atoms with Crippen LogP contribution in [0.3, 0.4) is 0 Å². The molecule has 1 atom stereocenters. The summed E-state index contributed by atoms with van der Waals surface area (Å²) in [5.41, 5.74) is 1.80. The summed E-state index contributed by atoms with van der Waals surface area (Å²) in [7, 11) is 0. The molecule has 1 fully saturated rings. The average Bonchev–Trinajstić information content (AvgIpc) is 3.31. The minimum absolute atomic E-state index is 0.0128. The second-order valence-corrected chi connectivity index (χ2v) is 9.23. The topological polar surface area (TPSA) is 101 Å². The summed E-state index contributed by atoms with van der Waals surface area (Å²) in [6.45, 7) is 9.67. The number of anilines is 2. The molecular formula is C27H37N5O5. The number of fused-ring (bicyclic) bond motifs is 1. The number of amides is 1. The molecule has 1 aliphatic rings. The largest absolute Gasteiger partial charge is 0.465 e. The van der Waals surface area contributed by atoms with E-state index in [1.165, 1.54) is 0 Å². The van der Waals surface area contributed by atoms with Crippen molar-refractivity contribution in [1.82, 2.24) is 14.5 Å². The van der Waals surface area contributed by atoms with Crippen LogP contribution in [0.1, 0.15) is 20.8 Å². The van der Waals surface area contributed by atoms with Crippen LogP contribution < -0.4 is 15.0 Å². The fourth-order valence-corrected chi connectivity index (χ4v) is 4.35. The van der Waals surface area contributed by atoms with Crippen molar-refractivity contribution in [2.45, 2.75) is 33.1 Å². The Morgan fingerprint density at radius 2 is 1.89 bits per heavy atom. The number of nitrogens with one attached hydrogen (secondary N) is 1. The second-order valence-electron chi connectivity index (χ2n) is 9.23. The summed E-state index contributed by atoms with van der Waals surface area (Å²) < 4.78 is 18.4. The molecule has 3 heterocycles. The van der Waals surface area contributed by atoms with E-state index in [0.717, 1.165) is 22.4 Å². The van der Waals surface area contributed by atoms with E-state index >= 15 is 0 Å². The molecule has 1 amide bonds. The molecule has 1 aromatic carbocycles. The zero-order valence-electron chi connectivity index (χ0n) is 21.8. The lowest BCUT2D eigenvalue weighted by atomic mass is 10.2. The third-order valence-corrected chi connectivity index (χ3v) is 6.07. The Kier molecular flexibility index (Phi) is 9.21. The molecule has 2 N–H and O–H groups in total. The summed E-state index contributed by atoms with van der Waals surface area (Å²) in [5, 5.41) is 13.2. The number of aliphatic hydroxyl groups is 1. The molecule has 10 nitrogen and oxygen atoms in total. The van der Waals surface area contributed by atoms with Gasteiger partial charge < -0.3 is 34.4 Å². The van der Waals surface area contributed by atoms with Gasteiger partial charge in [0.25, 0.3) is 0 Å². The maximum atomic E-state index is 13.4. The van der Waals surface area contributed by atoms with Gasteiger partial charge in [0.05, 0.1) is 37.6 Å². The van der Waals surface area contributed by atoms with Crippen LogP contribution in [0.5, 0.6) is 5.75 Å². The lowest BCUT2D eigenvalue weighted by molar-refractivity contribution is -0.0846. The maximum absolute atomic E-state index is 13.4. The maximum Gasteiger partial charge on any atom is 0.328 e. The van der Waals surface area contributed by atoms with E-state index in [2.05, 4.69) is 29.0 Å². The highest BCUT2D eigenvalue weighted by atomic mass is 16.7. The smallest absolute Gasteiger partial charge is 0.328 e. The van der Waals surface area contributed by atoms with E-state index in [1.807, 2.05) is 54.4 Å². The molecule has 3 aromatic rings. The van der Waals surface area contributed by atoms with Crippen LogP contribution in [0.2, 0.25) is 0 Å². The van der Waals surface area contributed by atoms with Crippen LogP contribution in [0.15, 0.2) is 48.8 Å². The van der Waals surface area contributed by atoms with Gasteiger partial charge in [0.1, 0.15) is 5.75 Å². The molecule has 0 bridgehead atoms. The van der Waals surface area contributed by atoms with E-state index < -0.39 is 6.29 Å². The number of hydrogen-bond donors (Lipinski definition) is 2. The summed E-state index contributed by atoms with van der Waals surface area (Å²) in [6, 6.07) is 11.8. The van der Waals surface area contributed by atoms with Crippen molar-refractivity contribution in [3.8, 4) is 5.75 Å². The van der Waals surface area contributed by atoms with Crippen molar-refractivity contribution >= 4 is 28.4 Å². The first-order valence-corrected chi connectivity index (χ1v) is 12.8. The molecule has 1 unspecified atom stereocenters. The number of pyridine rings is 1. The fraction of sp³-hybridized carbons (Fsp3) is 0.481. The van der Waals surface area contributed by atoms with Crippen molar-refractivity contribution in [2.75, 3.05) is 62.8 Å². The lowest BCUT2D eigenvalue weighted by Gasteiger charge is -2.36. The van der Waals surface area contributed by atoms with E-state index in [4.69, 9.17) is 19.3 Å². The number of aliphatic hydroxyl groups excluding tert-OH is 1. The first-order chi connectivity index (χ1) is 18.0. The summed E-state index contributed by atoms with van der Waals surface area (Å²) >= 11 is 0. The van der Waals surface area contributed by atoms with E-state index in [1.54, 1.807) is 10.8 Å². The highest BCUT2D eigenvalue weighted by molar-refractivity contribution is 5.92. The van der Waals surface area contributed by atoms with Gasteiger partial charge in [-0.1, -0.05) is 0 Å². The van der Waals surface area contributed by atoms with Gasteiger partial charge in [-0.2, -0.15) is 0 Å². The van der Waals surface area contributed by atoms with E-state index in [9.17, 15) is 4.79 Å². The number of aromatic nitrogens is 2. The third kappa shape index (κ3) is 6.91. The van der Waals surface area contributed by atoms with E-state index in [-0.39, 0.29) is 19.2 Å². The van der Waals surface area contributed by atoms with Gasteiger partial charge >= 0.3 is 6.03 Å². The van der Waals surface area contributed by atoms with Gasteiger partial charge in [0.2, 0.25) is 0 Å². The Bertz CT molecular complexity index is 1160. The number of nitrogens with zero attached hydrogens (tertiary/aromatic N) is 4. The van der Waals surface area contributed by atoms with Crippen molar-refractivity contribution in [2.24, 2.45) is 0 Å². The quantitative estimate of drug-likeness (QED) is 0.298. The monoisotopic (exact) mass is 511 g/mol. The Labute approximate surface area is 217 Å². The van der Waals surface area contributed by atoms with E-state index in [0.29, 0.717) is 51.2 Å². The summed E-state index contributed by atoms with van der Waals surface area (Å²) in [6.07, 6.45) is 3.13. The standard InChI is InChI=1S/C27H37N5O5/c1-20(2)29-24-5-4-9-28-26(24)30-11-13-31(14-12-30)27(34)32-10-8-22-6-7-23(19-25(22)32)37-21(3)36-18-17-35-16-15-33/h4-10,19-21,29,33H,11-18H2,1-3H3. The molecule has 0 radical (unpaired) electrons. The van der Waals surface area contributed by atoms with Crippen LogP contribution in [-0.2, 0) is 9.47 Å². The summed E-state index contributed by atoms with van der Waals surface area (Å²) in [4.78, 5) is 22.1. The third-order valence-electron chi connectivity index (χ3n) is 6.07. The molecule has 37 heavy (non-hydrogen) atoms. The molecule has 10 heteroatoms. The molecule has 1 aliphatic heterocycles. The molecular weight excluding hydrogens is 474 g/mol. The Morgan fingerprint density at radius 1 is 1.08 bits per heavy atom. The first-order valence-electron chi connectivity index (χ1n) is 12.8. The minimum Gasteiger partial charge on any atom is -0.465 e. The predicted octanol–water partition coefficient (Wildman–Crippen LogP) is 3.40. The molecule has 1 saturated heterocycles. The van der Waals surface area contributed by atoms with Gasteiger partial charge in [-0.25, -0.2) is 9.78 Å². The SMILES string of the molecule is CC(C)Nc1cccnc1N1CCN(C(=O)n2ccc3ccc(OC(C)OCCOCCO)cc32)CC1. The van der Waals surface area contributed by atoms with Gasteiger partial charge in [-0.15, -0.1) is 0 Å². The minimum atomic E-state index is -0.482. The number of rotatable bonds is 11. The summed E-state index contributed by atoms with van der Waals surface area (Å²) in [5.74, 6) is 1.54. The number of piperazine rings is 1. The van der Waals surface area contributed by atoms with Crippen LogP contribution >= 0.6 is 0 Å². The Hall–Kier alpha value is -3.34. The van der Waals surface area contributed by atoms with Crippen LogP contribution in [0.25, 0.3) is 10.9 Å². The van der Waals surface area contributed by atoms with Crippen molar-refractivity contribution < 1.29 is 24.1 Å². The Morgan fingerprint density at radius 3 is 2.65 bits per heavy atom. The highest BCUT2D eigenvalue weighted by Gasteiger charge is 2.25. The second kappa shape index (κ2) is 12.8. The number of hydrogen-bond acceptors (Lipinski definition) is 8. The van der Waals surface area contributed by atoms with Gasteiger partial charge in [0, 0.05) is 56.1 Å². The van der Waals surface area contributed by atoms with Crippen LogP contribution in [0, 0.1) is 0 Å². The zero-order valence-corrected chi connectivity index (χ0v) is 21.8. The van der Waals surface area contributed by atoms with Gasteiger partial charge in [0.15, 0.2) is 12.1 Å². The predicted molar refractivity (Wildman–Crippen MR) is 143 cm³/mol. The van der Waals surface area contributed by atoms with Crippen molar-refractivity contribution in [3.63, 3.8) is 0 Å². The molecule has 0 saturated carbocycles. The highest BCUT2D eigenvalue weighted by Crippen LogP contribution is 2.26. The molecule has 200 valence electrons. The first kappa shape index (κ1) is 26.7. The number of carbonyl (C=O) groups is 1. The van der Waals surface area contributed by atoms with Gasteiger partial charge in [-0.05, 0) is 51.1 Å². The number of carbonyl (C=O) groups excluding carboxylic acids is 1. The molecule has 2 aromatic heterocycles. The lowest BCUT2D eigenvalue weighted by Crippen LogP contribution is -2.50. The molecule has 4 rings (SSSR count). The molecule has 0 aliphatic carbocycles. The zero-order chi connectivity index (χ0) is 26.2. The Balaban J connectivity index is 1.37. The number of ether oxygens (including phenoxy) is 3. The van der Waals surface area contributed by atoms with Gasteiger partial charge in [-0.3, -0.25) is 4.57 Å². The van der Waals surface area contributed by atoms with Crippen molar-refractivity contribution in [1.29, 1.82) is 0 Å². The normalized spacial score (nSPS) is 14.8.